The number of nitrogens with zero attached hydrogens (tertiary/aromatic N) is 3. The summed E-state index contributed by atoms with van der Waals surface area (Å²) in [6.07, 6.45) is 8.13. The highest BCUT2D eigenvalue weighted by Crippen LogP contribution is 2.46. The van der Waals surface area contributed by atoms with E-state index in [9.17, 15) is 24.0 Å². The molecule has 4 amide bonds. The number of hydrogen-bond donors (Lipinski definition) is 3. The van der Waals surface area contributed by atoms with Crippen molar-refractivity contribution in [1.29, 1.82) is 0 Å². The highest BCUT2D eigenvalue weighted by atomic mass is 16.2. The molecule has 8 rings (SSSR count). The number of amides is 4. The van der Waals surface area contributed by atoms with E-state index < -0.39 is 17.4 Å². The molecule has 1 unspecified atom stereocenters. The fraction of sp³-hybridized carbons (Fsp3) is 0.435. The molecule has 0 radical (unpaired) electrons. The minimum absolute atomic E-state index is 0.0287. The van der Waals surface area contributed by atoms with Gasteiger partial charge in [0, 0.05) is 77.3 Å². The lowest BCUT2D eigenvalue weighted by Gasteiger charge is -2.38. The molecule has 3 N–H and O–H groups in total. The summed E-state index contributed by atoms with van der Waals surface area (Å²) in [5.74, 6) is -0.702. The maximum Gasteiger partial charge on any atom is 0.255 e. The van der Waals surface area contributed by atoms with Gasteiger partial charge in [-0.2, -0.15) is 0 Å². The lowest BCUT2D eigenvalue weighted by atomic mass is 9.70. The normalized spacial score (nSPS) is 18.9. The third-order valence-corrected chi connectivity index (χ3v) is 12.8. The second kappa shape index (κ2) is 15.3. The van der Waals surface area contributed by atoms with E-state index in [4.69, 9.17) is 6.57 Å². The van der Waals surface area contributed by atoms with E-state index in [-0.39, 0.29) is 36.0 Å². The summed E-state index contributed by atoms with van der Waals surface area (Å²) in [4.78, 5) is 75.4. The Kier molecular flexibility index (Phi) is 10.2. The van der Waals surface area contributed by atoms with Crippen molar-refractivity contribution in [1.82, 2.24) is 20.5 Å². The number of unbranched alkanes of at least 4 members (excludes halogenated alkanes) is 3. The summed E-state index contributed by atoms with van der Waals surface area (Å²) in [6.45, 7) is 15.9. The first-order valence-corrected chi connectivity index (χ1v) is 20.5. The Balaban J connectivity index is 0.813. The molecule has 1 aromatic heterocycles. The molecule has 1 aliphatic carbocycles. The number of aryl methyl sites for hydroxylation is 2. The monoisotopic (exact) mass is 766 g/mol. The first kappa shape index (κ1) is 38.1. The van der Waals surface area contributed by atoms with Crippen LogP contribution in [0.1, 0.15) is 133 Å². The van der Waals surface area contributed by atoms with Crippen molar-refractivity contribution >= 4 is 51.7 Å². The minimum atomic E-state index is -0.614. The van der Waals surface area contributed by atoms with Crippen molar-refractivity contribution in [2.24, 2.45) is 0 Å². The van der Waals surface area contributed by atoms with E-state index >= 15 is 0 Å². The Morgan fingerprint density at radius 1 is 0.947 bits per heavy atom. The van der Waals surface area contributed by atoms with Gasteiger partial charge in [-0.1, -0.05) is 57.9 Å². The van der Waals surface area contributed by atoms with Crippen LogP contribution in [0.4, 0.5) is 11.4 Å². The second-order valence-electron chi connectivity index (χ2n) is 16.6. The van der Waals surface area contributed by atoms with E-state index in [0.29, 0.717) is 36.2 Å². The van der Waals surface area contributed by atoms with Gasteiger partial charge in [0.2, 0.25) is 17.7 Å². The van der Waals surface area contributed by atoms with Gasteiger partial charge < -0.3 is 20.1 Å². The van der Waals surface area contributed by atoms with Crippen LogP contribution in [0.2, 0.25) is 0 Å². The van der Waals surface area contributed by atoms with Crippen LogP contribution in [-0.4, -0.2) is 64.5 Å². The van der Waals surface area contributed by atoms with Gasteiger partial charge in [-0.3, -0.25) is 29.3 Å². The molecule has 11 heteroatoms. The molecule has 4 aromatic rings. The Bertz CT molecular complexity index is 2360. The molecule has 0 saturated carbocycles. The van der Waals surface area contributed by atoms with Crippen molar-refractivity contribution in [3.05, 3.63) is 105 Å². The van der Waals surface area contributed by atoms with Crippen LogP contribution in [0.5, 0.6) is 0 Å². The number of aromatic nitrogens is 1. The number of carbonyl (C=O) groups excluding carboxylic acids is 5. The highest BCUT2D eigenvalue weighted by molar-refractivity contribution is 6.20. The van der Waals surface area contributed by atoms with Crippen LogP contribution in [0.15, 0.2) is 48.5 Å². The topological polar surface area (TPSA) is 136 Å². The molecule has 3 aliphatic heterocycles. The van der Waals surface area contributed by atoms with E-state index in [2.05, 4.69) is 64.3 Å². The summed E-state index contributed by atoms with van der Waals surface area (Å²) in [5, 5.41) is 6.52. The third-order valence-electron chi connectivity index (χ3n) is 12.8. The van der Waals surface area contributed by atoms with Crippen molar-refractivity contribution in [2.75, 3.05) is 18.0 Å². The highest BCUT2D eigenvalue weighted by Gasteiger charge is 2.42. The predicted molar refractivity (Wildman–Crippen MR) is 219 cm³/mol. The Labute approximate surface area is 333 Å². The first-order valence-electron chi connectivity index (χ1n) is 20.5. The standard InChI is InChI=1S/C46H50N6O5/c1-5-27-23-33-35(46(2,3)43-41(42(33)55)32-16-15-30(47-4)24-36(32)49-43)25-38(27)51-21-19-29(20-22-51)48-39(53)14-9-7-6-8-11-28-12-10-13-31-34(28)26-52(45(31)57)37-17-18-40(54)50-44(37)56/h10,12-13,15-16,23-25,29,37,49H,5-9,11,14,17-22,26H2,1-3H3,(H,48,53)(H,50,54,56). The number of piperidine rings is 2. The van der Waals surface area contributed by atoms with Gasteiger partial charge in [0.05, 0.1) is 12.1 Å². The quantitative estimate of drug-likeness (QED) is 0.0841. The summed E-state index contributed by atoms with van der Waals surface area (Å²) >= 11 is 0. The van der Waals surface area contributed by atoms with Crippen molar-refractivity contribution < 1.29 is 24.0 Å². The number of fused-ring (bicyclic) bond motifs is 5. The maximum atomic E-state index is 14.1. The van der Waals surface area contributed by atoms with Crippen molar-refractivity contribution in [2.45, 2.75) is 115 Å². The first-order chi connectivity index (χ1) is 27.5. The number of carbonyl (C=O) groups is 5. The lowest BCUT2D eigenvalue weighted by molar-refractivity contribution is -0.137. The van der Waals surface area contributed by atoms with Crippen LogP contribution in [0, 0.1) is 6.57 Å². The molecule has 4 heterocycles. The van der Waals surface area contributed by atoms with Crippen LogP contribution < -0.4 is 15.5 Å². The number of anilines is 1. The van der Waals surface area contributed by atoms with Crippen molar-refractivity contribution in [3.63, 3.8) is 0 Å². The van der Waals surface area contributed by atoms with Crippen molar-refractivity contribution in [3.8, 4) is 0 Å². The maximum absolute atomic E-state index is 14.1. The number of nitrogens with one attached hydrogen (secondary N) is 3. The molecule has 2 saturated heterocycles. The van der Waals surface area contributed by atoms with Gasteiger partial charge in [0.15, 0.2) is 11.5 Å². The Morgan fingerprint density at radius 3 is 2.49 bits per heavy atom. The number of imide groups is 1. The fourth-order valence-corrected chi connectivity index (χ4v) is 9.55. The van der Waals surface area contributed by atoms with E-state index in [1.807, 2.05) is 24.3 Å². The SMILES string of the molecule is [C-]#[N+]c1ccc2c3c([nH]c2c1)C(C)(C)c1cc(N2CCC(NC(=O)CCCCCCc4cccc5c4CN(C4CCC(=O)NC4=O)C5=O)CC2)c(CC)cc1C3=O. The lowest BCUT2D eigenvalue weighted by Crippen LogP contribution is -2.52. The molecule has 0 spiro atoms. The average molecular weight is 767 g/mol. The fourth-order valence-electron chi connectivity index (χ4n) is 9.55. The molecular formula is C46H50N6O5. The molecular weight excluding hydrogens is 717 g/mol. The van der Waals surface area contributed by atoms with Gasteiger partial charge in [-0.15, -0.1) is 0 Å². The zero-order chi connectivity index (χ0) is 40.0. The zero-order valence-electron chi connectivity index (χ0n) is 33.1. The Morgan fingerprint density at radius 2 is 1.74 bits per heavy atom. The molecule has 2 fully saturated rings. The molecule has 3 aromatic carbocycles. The molecule has 294 valence electrons. The Hall–Kier alpha value is -5.76. The minimum Gasteiger partial charge on any atom is -0.371 e. The average Bonchev–Trinajstić information content (AvgIpc) is 3.77. The number of aromatic amines is 1. The molecule has 11 nitrogen and oxygen atoms in total. The molecule has 4 aliphatic rings. The largest absolute Gasteiger partial charge is 0.371 e. The molecule has 1 atom stereocenters. The van der Waals surface area contributed by atoms with E-state index in [1.54, 1.807) is 11.0 Å². The molecule has 57 heavy (non-hydrogen) atoms. The number of hydrogen-bond acceptors (Lipinski definition) is 6. The van der Waals surface area contributed by atoms with Gasteiger partial charge in [0.25, 0.3) is 5.91 Å². The van der Waals surface area contributed by atoms with Crippen LogP contribution in [-0.2, 0) is 39.2 Å². The van der Waals surface area contributed by atoms with Crippen LogP contribution in [0.3, 0.4) is 0 Å². The second-order valence-corrected chi connectivity index (χ2v) is 16.6. The summed E-state index contributed by atoms with van der Waals surface area (Å²) < 4.78 is 0. The van der Waals surface area contributed by atoms with Crippen LogP contribution in [0.25, 0.3) is 15.7 Å². The third kappa shape index (κ3) is 7.00. The predicted octanol–water partition coefficient (Wildman–Crippen LogP) is 7.19. The summed E-state index contributed by atoms with van der Waals surface area (Å²) in [5.41, 5.74) is 9.36. The van der Waals surface area contributed by atoms with Gasteiger partial charge in [-0.05, 0) is 91.5 Å². The zero-order valence-corrected chi connectivity index (χ0v) is 33.1. The van der Waals surface area contributed by atoms with Crippen LogP contribution >= 0.6 is 0 Å². The number of benzene rings is 3. The smallest absolute Gasteiger partial charge is 0.255 e. The van der Waals surface area contributed by atoms with Gasteiger partial charge in [0.1, 0.15) is 6.04 Å². The summed E-state index contributed by atoms with van der Waals surface area (Å²) in [7, 11) is 0. The number of ketones is 1. The number of H-pyrrole nitrogens is 1. The molecule has 0 bridgehead atoms. The van der Waals surface area contributed by atoms with E-state index in [1.165, 1.54) is 0 Å². The van der Waals surface area contributed by atoms with Gasteiger partial charge >= 0.3 is 0 Å². The summed E-state index contributed by atoms with van der Waals surface area (Å²) in [6, 6.07) is 15.1. The van der Waals surface area contributed by atoms with Gasteiger partial charge in [-0.25, -0.2) is 4.85 Å². The van der Waals surface area contributed by atoms with E-state index in [0.717, 1.165) is 115 Å². The number of rotatable bonds is 11.